The largest absolute Gasteiger partial charge is 2.00 e. The van der Waals surface area contributed by atoms with Crippen molar-refractivity contribution in [3.8, 4) is 0 Å². The van der Waals surface area contributed by atoms with Crippen LogP contribution in [0.25, 0.3) is 11.6 Å². The maximum Gasteiger partial charge on any atom is 2.00 e. The molecule has 181 valence electrons. The van der Waals surface area contributed by atoms with Crippen LogP contribution in [0.1, 0.15) is 16.7 Å². The van der Waals surface area contributed by atoms with Gasteiger partial charge in [0, 0.05) is 0 Å². The summed E-state index contributed by atoms with van der Waals surface area (Å²) in [6, 6.07) is 24.0. The molecule has 7 heteroatoms. The number of halogens is 3. The number of rotatable bonds is 4. The van der Waals surface area contributed by atoms with Gasteiger partial charge in [-0.25, -0.2) is 0 Å². The third-order valence-electron chi connectivity index (χ3n) is 4.25. The molecule has 3 aromatic rings. The van der Waals surface area contributed by atoms with E-state index in [0.717, 1.165) is 28.8 Å². The quantitative estimate of drug-likeness (QED) is 0.111. The van der Waals surface area contributed by atoms with Gasteiger partial charge in [-0.15, -0.1) is 11.6 Å². The summed E-state index contributed by atoms with van der Waals surface area (Å²) in [5.74, 6) is 0. The molecule has 0 aliphatic heterocycles. The molecule has 0 spiro atoms. The van der Waals surface area contributed by atoms with E-state index in [1.54, 1.807) is 0 Å². The first-order valence-corrected chi connectivity index (χ1v) is 10.1. The van der Waals surface area contributed by atoms with E-state index in [2.05, 4.69) is 24.5 Å². The van der Waals surface area contributed by atoms with Crippen molar-refractivity contribution in [3.05, 3.63) is 147 Å². The Balaban J connectivity index is 0.00000106. The summed E-state index contributed by atoms with van der Waals surface area (Å²) < 4.78 is 52.9. The van der Waals surface area contributed by atoms with Crippen molar-refractivity contribution in [2.75, 3.05) is 0 Å². The standard InChI is InChI=1S/C22H15F3N.C5H5.2CO.Fe/c23-22(24,25)20-11-13-21(14-12-20)26-16-19(18-9-5-2-6-10-18)15-17-7-3-1-4-8-17;1-2-4-5-3-1;2*1-2;/h1-15H;1-5H;;;/q-1;;;;+2/b19-15-;;;;. The molecule has 4 rings (SSSR count). The second-order valence-electron chi connectivity index (χ2n) is 6.57. The van der Waals surface area contributed by atoms with E-state index in [0.29, 0.717) is 5.69 Å². The van der Waals surface area contributed by atoms with Gasteiger partial charge in [-0.3, -0.25) is 0 Å². The fourth-order valence-electron chi connectivity index (χ4n) is 2.68. The normalized spacial score (nSPS) is 12.5. The van der Waals surface area contributed by atoms with Crippen LogP contribution < -0.4 is 0 Å². The molecule has 0 bridgehead atoms. The number of hydrogen-bond acceptors (Lipinski definition) is 1. The average Bonchev–Trinajstić information content (AvgIpc) is 3.50. The van der Waals surface area contributed by atoms with Crippen LogP contribution >= 0.6 is 0 Å². The Morgan fingerprint density at radius 1 is 0.694 bits per heavy atom. The second-order valence-corrected chi connectivity index (χ2v) is 6.57. The molecular weight excluding hydrogens is 507 g/mol. The third-order valence-corrected chi connectivity index (χ3v) is 4.25. The van der Waals surface area contributed by atoms with Gasteiger partial charge in [-0.2, -0.15) is 13.2 Å². The van der Waals surface area contributed by atoms with Crippen LogP contribution in [0.2, 0.25) is 0 Å². The van der Waals surface area contributed by atoms with Crippen LogP contribution in [-0.4, -0.2) is 6.21 Å². The summed E-state index contributed by atoms with van der Waals surface area (Å²) in [4.78, 5) is 4.22. The van der Waals surface area contributed by atoms with Crippen LogP contribution in [0.5, 0.6) is 0 Å². The van der Waals surface area contributed by atoms with E-state index < -0.39 is 11.7 Å². The predicted molar refractivity (Wildman–Crippen MR) is 129 cm³/mol. The zero-order valence-corrected chi connectivity index (χ0v) is 19.9. The fourth-order valence-corrected chi connectivity index (χ4v) is 2.68. The maximum atomic E-state index is 12.6. The number of allylic oxidation sites excluding steroid dienone is 1. The molecule has 1 saturated carbocycles. The van der Waals surface area contributed by atoms with Crippen LogP contribution in [0.15, 0.2) is 89.9 Å². The zero-order chi connectivity index (χ0) is 25.9. The van der Waals surface area contributed by atoms with Crippen LogP contribution in [0.3, 0.4) is 0 Å². The van der Waals surface area contributed by atoms with Gasteiger partial charge >= 0.3 is 45.9 Å². The molecule has 0 atom stereocenters. The Labute approximate surface area is 221 Å². The summed E-state index contributed by atoms with van der Waals surface area (Å²) in [5.41, 5.74) is 2.37. The van der Waals surface area contributed by atoms with E-state index >= 15 is 0 Å². The summed E-state index contributed by atoms with van der Waals surface area (Å²) in [5, 5.41) is 0. The molecule has 5 radical (unpaired) electrons. The first kappa shape index (κ1) is 32.9. The number of aliphatic imine (C=N–C) groups is 1. The molecule has 36 heavy (non-hydrogen) atoms. The topological polar surface area (TPSA) is 52.2 Å². The van der Waals surface area contributed by atoms with Gasteiger partial charge in [0.05, 0.1) is 5.56 Å². The average molecular weight is 527 g/mol. The third kappa shape index (κ3) is 12.5. The van der Waals surface area contributed by atoms with E-state index in [1.165, 1.54) is 12.1 Å². The maximum absolute atomic E-state index is 12.6. The van der Waals surface area contributed by atoms with Crippen molar-refractivity contribution in [1.82, 2.24) is 0 Å². The number of hydrogen-bond donors (Lipinski definition) is 0. The Hall–Kier alpha value is -3.14. The fraction of sp³-hybridized carbons (Fsp3) is 0.0345. The van der Waals surface area contributed by atoms with E-state index in [4.69, 9.17) is 9.30 Å². The molecule has 0 heterocycles. The minimum absolute atomic E-state index is 0. The number of alkyl halides is 3. The van der Waals surface area contributed by atoms with E-state index in [1.807, 2.05) is 98.8 Å². The van der Waals surface area contributed by atoms with Gasteiger partial charge in [0.2, 0.25) is 0 Å². The molecule has 0 unspecified atom stereocenters. The SMILES string of the molecule is FC(F)(F)c1ccc(N=[C-]/C(=C/c2ccccc2)c2ccccc2)cc1.[C-]#[O+].[C-]#[O+].[CH]1[CH][CH][CH][CH]1.[Fe+2]. The van der Waals surface area contributed by atoms with Gasteiger partial charge in [-0.05, 0) is 44.0 Å². The molecule has 3 nitrogen and oxygen atoms in total. The van der Waals surface area contributed by atoms with Gasteiger partial charge in [-0.1, -0.05) is 96.1 Å². The van der Waals surface area contributed by atoms with E-state index in [9.17, 15) is 13.2 Å². The Morgan fingerprint density at radius 3 is 1.58 bits per heavy atom. The number of nitrogens with zero attached hydrogens (tertiary/aromatic N) is 1. The second kappa shape index (κ2) is 19.1. The van der Waals surface area contributed by atoms with Crippen molar-refractivity contribution in [1.29, 1.82) is 0 Å². The Bertz CT molecular complexity index is 1060. The van der Waals surface area contributed by atoms with Crippen molar-refractivity contribution in [2.24, 2.45) is 4.99 Å². The van der Waals surface area contributed by atoms with Gasteiger partial charge in [0.1, 0.15) is 0 Å². The Kier molecular flexibility index (Phi) is 17.4. The first-order valence-electron chi connectivity index (χ1n) is 10.1. The van der Waals surface area contributed by atoms with Gasteiger partial charge in [0.25, 0.3) is 0 Å². The van der Waals surface area contributed by atoms with E-state index in [-0.39, 0.29) is 17.1 Å². The minimum atomic E-state index is -4.35. The summed E-state index contributed by atoms with van der Waals surface area (Å²) in [6.45, 7) is 9.00. The molecule has 1 aliphatic rings. The van der Waals surface area contributed by atoms with Crippen LogP contribution in [0.4, 0.5) is 18.9 Å². The smallest absolute Gasteiger partial charge is 0.0312 e. The van der Waals surface area contributed by atoms with Gasteiger partial charge in [0.15, 0.2) is 0 Å². The summed E-state index contributed by atoms with van der Waals surface area (Å²) in [6.07, 6.45) is 10.5. The summed E-state index contributed by atoms with van der Waals surface area (Å²) >= 11 is 0. The first-order chi connectivity index (χ1) is 17.0. The zero-order valence-electron chi connectivity index (χ0n) is 18.8. The molecule has 1 fully saturated rings. The predicted octanol–water partition coefficient (Wildman–Crippen LogP) is 7.47. The molecule has 0 saturated heterocycles. The molecule has 1 aliphatic carbocycles. The van der Waals surface area contributed by atoms with Crippen LogP contribution in [-0.2, 0) is 32.5 Å². The molecule has 3 aromatic carbocycles. The Morgan fingerprint density at radius 2 is 1.14 bits per heavy atom. The van der Waals surface area contributed by atoms with Crippen LogP contribution in [0, 0.1) is 45.4 Å². The minimum Gasteiger partial charge on any atom is -0.0312 e. The molecule has 0 amide bonds. The van der Waals surface area contributed by atoms with Crippen molar-refractivity contribution in [2.45, 2.75) is 6.18 Å². The summed E-state index contributed by atoms with van der Waals surface area (Å²) in [7, 11) is 0. The number of benzene rings is 3. The van der Waals surface area contributed by atoms with Gasteiger partial charge < -0.3 is 4.99 Å². The monoisotopic (exact) mass is 527 g/mol. The van der Waals surface area contributed by atoms with Crippen molar-refractivity contribution in [3.63, 3.8) is 0 Å². The molecule has 0 aromatic heterocycles. The molecule has 0 N–H and O–H groups in total. The van der Waals surface area contributed by atoms with Crippen molar-refractivity contribution >= 4 is 23.6 Å². The van der Waals surface area contributed by atoms with Crippen molar-refractivity contribution < 1.29 is 39.5 Å². The molecular formula is C29H20F3FeNO2+.